The van der Waals surface area contributed by atoms with Gasteiger partial charge in [0.25, 0.3) is 0 Å². The number of hydrogen-bond donors (Lipinski definition) is 2. The Balaban J connectivity index is 2.26. The van der Waals surface area contributed by atoms with E-state index in [9.17, 15) is 5.11 Å². The zero-order valence-electron chi connectivity index (χ0n) is 10.8. The SMILES string of the molecule is NCCCCc1cc2c(c(Br)c1O)CCCCC2. The molecule has 0 fully saturated rings. The van der Waals surface area contributed by atoms with E-state index >= 15 is 0 Å². The molecule has 0 heterocycles. The van der Waals surface area contributed by atoms with Crippen LogP contribution in [0.2, 0.25) is 0 Å². The number of hydrogen-bond acceptors (Lipinski definition) is 2. The van der Waals surface area contributed by atoms with E-state index in [1.54, 1.807) is 0 Å². The average molecular weight is 312 g/mol. The molecule has 0 amide bonds. The zero-order chi connectivity index (χ0) is 13.0. The van der Waals surface area contributed by atoms with Gasteiger partial charge in [0.1, 0.15) is 5.75 Å². The van der Waals surface area contributed by atoms with Gasteiger partial charge in [0.2, 0.25) is 0 Å². The summed E-state index contributed by atoms with van der Waals surface area (Å²) in [5.74, 6) is 0.452. The Labute approximate surface area is 118 Å². The smallest absolute Gasteiger partial charge is 0.133 e. The number of aryl methyl sites for hydroxylation is 2. The van der Waals surface area contributed by atoms with Gasteiger partial charge in [0.15, 0.2) is 0 Å². The maximum Gasteiger partial charge on any atom is 0.133 e. The standard InChI is InChI=1S/C15H22BrNO/c16-14-13-8-3-1-2-6-11(13)10-12(15(14)18)7-4-5-9-17/h10,18H,1-9,17H2. The number of phenols is 1. The van der Waals surface area contributed by atoms with Gasteiger partial charge in [0, 0.05) is 0 Å². The molecule has 2 rings (SSSR count). The van der Waals surface area contributed by atoms with E-state index in [2.05, 4.69) is 22.0 Å². The number of benzene rings is 1. The molecule has 0 bridgehead atoms. The van der Waals surface area contributed by atoms with Crippen molar-refractivity contribution < 1.29 is 5.11 Å². The van der Waals surface area contributed by atoms with E-state index in [4.69, 9.17) is 5.73 Å². The summed E-state index contributed by atoms with van der Waals surface area (Å²) in [7, 11) is 0. The van der Waals surface area contributed by atoms with Crippen LogP contribution in [-0.2, 0) is 19.3 Å². The van der Waals surface area contributed by atoms with Gasteiger partial charge in [-0.05, 0) is 84.1 Å². The number of aromatic hydroxyl groups is 1. The summed E-state index contributed by atoms with van der Waals surface area (Å²) in [4.78, 5) is 0. The predicted molar refractivity (Wildman–Crippen MR) is 79.1 cm³/mol. The third-order valence-electron chi connectivity index (χ3n) is 3.79. The summed E-state index contributed by atoms with van der Waals surface area (Å²) in [6.07, 6.45) is 9.04. The number of halogens is 1. The molecule has 1 aliphatic carbocycles. The number of nitrogens with two attached hydrogens (primary N) is 1. The second kappa shape index (κ2) is 6.58. The fourth-order valence-electron chi connectivity index (χ4n) is 2.73. The summed E-state index contributed by atoms with van der Waals surface area (Å²) >= 11 is 3.59. The minimum absolute atomic E-state index is 0.452. The summed E-state index contributed by atoms with van der Waals surface area (Å²) in [5.41, 5.74) is 9.36. The second-order valence-electron chi connectivity index (χ2n) is 5.14. The molecule has 0 atom stereocenters. The zero-order valence-corrected chi connectivity index (χ0v) is 12.4. The van der Waals surface area contributed by atoms with Crippen LogP contribution in [0.1, 0.15) is 48.8 Å². The minimum atomic E-state index is 0.452. The molecule has 100 valence electrons. The molecule has 3 N–H and O–H groups in total. The maximum absolute atomic E-state index is 10.3. The lowest BCUT2D eigenvalue weighted by Crippen LogP contribution is -2.01. The number of fused-ring (bicyclic) bond motifs is 1. The van der Waals surface area contributed by atoms with Crippen LogP contribution >= 0.6 is 15.9 Å². The summed E-state index contributed by atoms with van der Waals surface area (Å²) in [6.45, 7) is 0.729. The fraction of sp³-hybridized carbons (Fsp3) is 0.600. The van der Waals surface area contributed by atoms with Crippen molar-refractivity contribution in [3.63, 3.8) is 0 Å². The minimum Gasteiger partial charge on any atom is -0.506 e. The highest BCUT2D eigenvalue weighted by molar-refractivity contribution is 9.10. The topological polar surface area (TPSA) is 46.2 Å². The first-order chi connectivity index (χ1) is 8.74. The van der Waals surface area contributed by atoms with Crippen molar-refractivity contribution in [3.05, 3.63) is 27.2 Å². The van der Waals surface area contributed by atoms with Gasteiger partial charge < -0.3 is 10.8 Å². The van der Waals surface area contributed by atoms with E-state index in [0.29, 0.717) is 5.75 Å². The van der Waals surface area contributed by atoms with Gasteiger partial charge in [-0.1, -0.05) is 12.5 Å². The summed E-state index contributed by atoms with van der Waals surface area (Å²) < 4.78 is 0.935. The van der Waals surface area contributed by atoms with E-state index in [0.717, 1.165) is 48.7 Å². The number of phenolic OH excluding ortho intramolecular Hbond substituents is 1. The van der Waals surface area contributed by atoms with E-state index in [1.165, 1.54) is 30.4 Å². The van der Waals surface area contributed by atoms with Crippen molar-refractivity contribution in [2.45, 2.75) is 51.4 Å². The van der Waals surface area contributed by atoms with Crippen LogP contribution in [-0.4, -0.2) is 11.7 Å². The van der Waals surface area contributed by atoms with Gasteiger partial charge in [-0.25, -0.2) is 0 Å². The molecule has 0 saturated carbocycles. The van der Waals surface area contributed by atoms with Crippen molar-refractivity contribution in [1.82, 2.24) is 0 Å². The average Bonchev–Trinajstić information content (AvgIpc) is 2.61. The van der Waals surface area contributed by atoms with Gasteiger partial charge >= 0.3 is 0 Å². The van der Waals surface area contributed by atoms with Crippen molar-refractivity contribution in [2.75, 3.05) is 6.54 Å². The quantitative estimate of drug-likeness (QED) is 0.658. The van der Waals surface area contributed by atoms with Crippen LogP contribution in [0, 0.1) is 0 Å². The fourth-order valence-corrected chi connectivity index (χ4v) is 3.44. The molecule has 0 radical (unpaired) electrons. The molecule has 1 aromatic rings. The highest BCUT2D eigenvalue weighted by atomic mass is 79.9. The largest absolute Gasteiger partial charge is 0.506 e. The molecule has 1 aromatic carbocycles. The van der Waals surface area contributed by atoms with Crippen LogP contribution in [0.15, 0.2) is 10.5 Å². The Morgan fingerprint density at radius 3 is 2.72 bits per heavy atom. The van der Waals surface area contributed by atoms with Crippen molar-refractivity contribution >= 4 is 15.9 Å². The highest BCUT2D eigenvalue weighted by Gasteiger charge is 2.17. The van der Waals surface area contributed by atoms with Crippen LogP contribution in [0.5, 0.6) is 5.75 Å². The number of unbranched alkanes of at least 4 members (excludes halogenated alkanes) is 1. The van der Waals surface area contributed by atoms with Crippen molar-refractivity contribution in [3.8, 4) is 5.75 Å². The van der Waals surface area contributed by atoms with Crippen molar-refractivity contribution in [1.29, 1.82) is 0 Å². The lowest BCUT2D eigenvalue weighted by atomic mass is 9.96. The van der Waals surface area contributed by atoms with E-state index in [-0.39, 0.29) is 0 Å². The Morgan fingerprint density at radius 2 is 1.94 bits per heavy atom. The molecule has 0 aromatic heterocycles. The third-order valence-corrected chi connectivity index (χ3v) is 4.64. The lowest BCUT2D eigenvalue weighted by Gasteiger charge is -2.14. The summed E-state index contributed by atoms with van der Waals surface area (Å²) in [5, 5.41) is 10.3. The lowest BCUT2D eigenvalue weighted by molar-refractivity contribution is 0.462. The van der Waals surface area contributed by atoms with Crippen LogP contribution in [0.4, 0.5) is 0 Å². The molecular weight excluding hydrogens is 290 g/mol. The van der Waals surface area contributed by atoms with Crippen LogP contribution < -0.4 is 5.73 Å². The highest BCUT2D eigenvalue weighted by Crippen LogP contribution is 2.37. The van der Waals surface area contributed by atoms with Gasteiger partial charge in [-0.3, -0.25) is 0 Å². The Kier molecular flexibility index (Phi) is 5.07. The Hall–Kier alpha value is -0.540. The molecule has 0 aliphatic heterocycles. The third kappa shape index (κ3) is 3.07. The molecule has 0 spiro atoms. The maximum atomic E-state index is 10.3. The molecular formula is C15H22BrNO. The predicted octanol–water partition coefficient (Wildman–Crippen LogP) is 3.71. The first kappa shape index (κ1) is 13.9. The Bertz CT molecular complexity index is 417. The van der Waals surface area contributed by atoms with E-state index in [1.807, 2.05) is 0 Å². The van der Waals surface area contributed by atoms with E-state index < -0.39 is 0 Å². The first-order valence-electron chi connectivity index (χ1n) is 6.96. The normalized spacial score (nSPS) is 15.2. The molecule has 1 aliphatic rings. The number of rotatable bonds is 4. The molecule has 0 unspecified atom stereocenters. The first-order valence-corrected chi connectivity index (χ1v) is 7.75. The molecule has 0 saturated heterocycles. The molecule has 18 heavy (non-hydrogen) atoms. The van der Waals surface area contributed by atoms with Gasteiger partial charge in [-0.15, -0.1) is 0 Å². The molecule has 2 nitrogen and oxygen atoms in total. The Morgan fingerprint density at radius 1 is 1.17 bits per heavy atom. The van der Waals surface area contributed by atoms with Crippen LogP contribution in [0.25, 0.3) is 0 Å². The van der Waals surface area contributed by atoms with Gasteiger partial charge in [-0.2, -0.15) is 0 Å². The monoisotopic (exact) mass is 311 g/mol. The van der Waals surface area contributed by atoms with Crippen molar-refractivity contribution in [2.24, 2.45) is 5.73 Å². The molecule has 3 heteroatoms. The summed E-state index contributed by atoms with van der Waals surface area (Å²) in [6, 6.07) is 2.22. The van der Waals surface area contributed by atoms with Crippen LogP contribution in [0.3, 0.4) is 0 Å². The van der Waals surface area contributed by atoms with Gasteiger partial charge in [0.05, 0.1) is 4.47 Å². The second-order valence-corrected chi connectivity index (χ2v) is 5.94.